The molecule has 2 aliphatic heterocycles. The number of amides is 1. The maximum Gasteiger partial charge on any atom is 0.335 e. The highest BCUT2D eigenvalue weighted by Gasteiger charge is 2.69. The molecule has 40 heavy (non-hydrogen) atoms. The molecule has 2 fully saturated rings. The molecule has 4 aliphatic rings. The summed E-state index contributed by atoms with van der Waals surface area (Å²) in [7, 11) is 0. The number of imidazole rings is 1. The van der Waals surface area contributed by atoms with Crippen molar-refractivity contribution in [3.05, 3.63) is 92.9 Å². The van der Waals surface area contributed by atoms with E-state index in [4.69, 9.17) is 28.2 Å². The van der Waals surface area contributed by atoms with Gasteiger partial charge in [0.25, 0.3) is 0 Å². The average Bonchev–Trinajstić information content (AvgIpc) is 3.37. The topological polar surface area (TPSA) is 99.8 Å². The Balaban J connectivity index is 1.42. The van der Waals surface area contributed by atoms with E-state index >= 15 is 4.39 Å². The van der Waals surface area contributed by atoms with Crippen LogP contribution in [0.1, 0.15) is 57.6 Å². The molecule has 1 spiro atoms. The summed E-state index contributed by atoms with van der Waals surface area (Å²) in [6.07, 6.45) is 5.93. The number of carbonyl (C=O) groups excluding carboxylic acids is 1. The summed E-state index contributed by atoms with van der Waals surface area (Å²) in [5, 5.41) is 12.8. The van der Waals surface area contributed by atoms with Gasteiger partial charge in [-0.15, -0.1) is 0 Å². The number of fused-ring (bicyclic) bond motifs is 7. The van der Waals surface area contributed by atoms with Crippen molar-refractivity contribution in [3.8, 4) is 0 Å². The van der Waals surface area contributed by atoms with Gasteiger partial charge in [0.05, 0.1) is 11.3 Å². The van der Waals surface area contributed by atoms with E-state index < -0.39 is 23.2 Å². The number of carbonyl (C=O) groups is 2. The highest BCUT2D eigenvalue weighted by molar-refractivity contribution is 6.31. The number of hydrogen-bond acceptors (Lipinski definition) is 5. The number of pyridine rings is 2. The molecule has 202 valence electrons. The third-order valence-electron chi connectivity index (χ3n) is 9.15. The Morgan fingerprint density at radius 1 is 1.20 bits per heavy atom. The lowest BCUT2D eigenvalue weighted by Gasteiger charge is -2.40. The van der Waals surface area contributed by atoms with Crippen LogP contribution in [0, 0.1) is 11.7 Å². The molecule has 1 saturated heterocycles. The predicted octanol–water partition coefficient (Wildman–Crippen LogP) is 5.24. The van der Waals surface area contributed by atoms with Gasteiger partial charge in [-0.25, -0.2) is 19.2 Å². The van der Waals surface area contributed by atoms with Gasteiger partial charge >= 0.3 is 5.97 Å². The number of halogens is 3. The van der Waals surface area contributed by atoms with Crippen molar-refractivity contribution in [3.63, 3.8) is 0 Å². The van der Waals surface area contributed by atoms with Crippen LogP contribution in [0.3, 0.4) is 0 Å². The second kappa shape index (κ2) is 8.25. The van der Waals surface area contributed by atoms with E-state index in [1.165, 1.54) is 6.20 Å². The van der Waals surface area contributed by atoms with Crippen molar-refractivity contribution in [1.82, 2.24) is 19.3 Å². The molecule has 1 saturated carbocycles. The Bertz CT molecular complexity index is 1790. The van der Waals surface area contributed by atoms with E-state index in [9.17, 15) is 14.7 Å². The number of hydrogen-bond donors (Lipinski definition) is 2. The van der Waals surface area contributed by atoms with E-state index in [1.54, 1.807) is 36.5 Å². The number of nitrogens with zero attached hydrogens (tertiary/aromatic N) is 4. The van der Waals surface area contributed by atoms with Crippen molar-refractivity contribution in [1.29, 1.82) is 0 Å². The normalized spacial score (nSPS) is 26.8. The number of aromatic carboxylic acids is 1. The summed E-state index contributed by atoms with van der Waals surface area (Å²) in [5.41, 5.74) is 2.79. The summed E-state index contributed by atoms with van der Waals surface area (Å²) in [6.45, 7) is 0.684. The minimum Gasteiger partial charge on any atom is -0.478 e. The minimum absolute atomic E-state index is 0.135. The van der Waals surface area contributed by atoms with Gasteiger partial charge in [0.15, 0.2) is 11.0 Å². The van der Waals surface area contributed by atoms with Crippen LogP contribution in [0.5, 0.6) is 0 Å². The molecule has 4 aromatic rings. The zero-order valence-electron chi connectivity index (χ0n) is 20.9. The first-order chi connectivity index (χ1) is 19.3. The molecule has 8 rings (SSSR count). The lowest BCUT2D eigenvalue weighted by molar-refractivity contribution is -0.128. The van der Waals surface area contributed by atoms with Crippen LogP contribution in [-0.2, 0) is 16.8 Å². The van der Waals surface area contributed by atoms with E-state index in [1.807, 2.05) is 10.5 Å². The molecule has 3 aromatic heterocycles. The number of benzene rings is 1. The first-order valence-corrected chi connectivity index (χ1v) is 14.0. The number of carboxylic acids is 1. The zero-order chi connectivity index (χ0) is 27.5. The van der Waals surface area contributed by atoms with Crippen LogP contribution in [-0.4, -0.2) is 48.8 Å². The lowest BCUT2D eigenvalue weighted by Crippen LogP contribution is -2.53. The molecule has 4 atom stereocenters. The maximum atomic E-state index is 16.0. The molecule has 1 aromatic carbocycles. The summed E-state index contributed by atoms with van der Waals surface area (Å²) in [4.78, 5) is 37.2. The van der Waals surface area contributed by atoms with Crippen LogP contribution in [0.25, 0.3) is 5.65 Å². The standard InChI is InChI=1S/C29H22Cl2FN5O3/c30-15-3-4-17-18(10-15)34-28(40)29(17)23(16-5-7-33-26(31)24(16)32)22-19(37(29)12-13-1-2-13)11-20-25(22)35-21-9-14(27(38)39)6-8-36(20)21/h3-10,13,19,22-23H,1-2,11-12H2,(H,34,40)(H,38,39)/t19?,22-,23+,29-/m1/s1. The molecule has 1 amide bonds. The van der Waals surface area contributed by atoms with E-state index in [0.29, 0.717) is 40.8 Å². The van der Waals surface area contributed by atoms with Gasteiger partial charge in [0.1, 0.15) is 11.2 Å². The molecular weight excluding hydrogens is 556 g/mol. The smallest absolute Gasteiger partial charge is 0.335 e. The average molecular weight is 578 g/mol. The molecule has 0 radical (unpaired) electrons. The van der Waals surface area contributed by atoms with Crippen LogP contribution in [0.15, 0.2) is 48.8 Å². The monoisotopic (exact) mass is 577 g/mol. The second-order valence-electron chi connectivity index (χ2n) is 11.2. The number of rotatable bonds is 4. The Labute approximate surface area is 237 Å². The van der Waals surface area contributed by atoms with Gasteiger partial charge in [0.2, 0.25) is 5.91 Å². The van der Waals surface area contributed by atoms with E-state index in [-0.39, 0.29) is 28.6 Å². The number of anilines is 1. The maximum absolute atomic E-state index is 16.0. The molecule has 8 nitrogen and oxygen atoms in total. The number of likely N-dealkylation sites (tertiary alicyclic amines) is 1. The van der Waals surface area contributed by atoms with Crippen molar-refractivity contribution >= 4 is 46.4 Å². The molecule has 2 N–H and O–H groups in total. The van der Waals surface area contributed by atoms with Gasteiger partial charge in [-0.05, 0) is 54.7 Å². The molecule has 5 heterocycles. The van der Waals surface area contributed by atoms with Gasteiger partial charge in [-0.1, -0.05) is 29.3 Å². The van der Waals surface area contributed by atoms with Crippen LogP contribution >= 0.6 is 23.2 Å². The first-order valence-electron chi connectivity index (χ1n) is 13.2. The number of aromatic nitrogens is 3. The fourth-order valence-corrected chi connectivity index (χ4v) is 7.78. The Morgan fingerprint density at radius 3 is 2.80 bits per heavy atom. The quantitative estimate of drug-likeness (QED) is 0.322. The zero-order valence-corrected chi connectivity index (χ0v) is 22.5. The van der Waals surface area contributed by atoms with Gasteiger partial charge in [-0.2, -0.15) is 0 Å². The van der Waals surface area contributed by atoms with E-state index in [2.05, 4.69) is 15.2 Å². The van der Waals surface area contributed by atoms with Crippen molar-refractivity contribution in [2.75, 3.05) is 11.9 Å². The predicted molar refractivity (Wildman–Crippen MR) is 146 cm³/mol. The molecule has 2 aliphatic carbocycles. The molecular formula is C29H22Cl2FN5O3. The van der Waals surface area contributed by atoms with Crippen molar-refractivity contribution < 1.29 is 19.1 Å². The fourth-order valence-electron chi connectivity index (χ4n) is 7.44. The summed E-state index contributed by atoms with van der Waals surface area (Å²) >= 11 is 12.6. The van der Waals surface area contributed by atoms with Crippen LogP contribution < -0.4 is 5.32 Å². The van der Waals surface area contributed by atoms with Crippen molar-refractivity contribution in [2.24, 2.45) is 5.92 Å². The minimum atomic E-state index is -1.22. The summed E-state index contributed by atoms with van der Waals surface area (Å²) in [5.74, 6) is -2.51. The lowest BCUT2D eigenvalue weighted by atomic mass is 9.71. The fraction of sp³-hybridized carbons (Fsp3) is 0.310. The first kappa shape index (κ1) is 24.3. The van der Waals surface area contributed by atoms with E-state index in [0.717, 1.165) is 29.8 Å². The molecule has 11 heteroatoms. The SMILES string of the molecule is O=C(O)c1ccn2c3c(nc2c1)[C@@H]1C(C3)N(CC2CC2)[C@@]2(C(=O)Nc3cc(Cl)ccc32)[C@H]1c1ccnc(Cl)c1F. The Kier molecular flexibility index (Phi) is 5.01. The molecule has 0 bridgehead atoms. The highest BCUT2D eigenvalue weighted by Crippen LogP contribution is 2.65. The van der Waals surface area contributed by atoms with Crippen LogP contribution in [0.4, 0.5) is 10.1 Å². The van der Waals surface area contributed by atoms with Crippen LogP contribution in [0.2, 0.25) is 10.2 Å². The number of carboxylic acid groups (broad SMARTS) is 1. The molecule has 1 unspecified atom stereocenters. The Morgan fingerprint density at radius 2 is 2.02 bits per heavy atom. The third kappa shape index (κ3) is 3.11. The highest BCUT2D eigenvalue weighted by atomic mass is 35.5. The third-order valence-corrected chi connectivity index (χ3v) is 9.65. The number of nitrogens with one attached hydrogen (secondary N) is 1. The van der Waals surface area contributed by atoms with Crippen molar-refractivity contribution in [2.45, 2.75) is 42.7 Å². The second-order valence-corrected chi connectivity index (χ2v) is 12.0. The van der Waals surface area contributed by atoms with Gasteiger partial charge in [0, 0.05) is 65.2 Å². The van der Waals surface area contributed by atoms with Gasteiger partial charge < -0.3 is 14.8 Å². The largest absolute Gasteiger partial charge is 0.478 e. The summed E-state index contributed by atoms with van der Waals surface area (Å²) < 4.78 is 17.9. The van der Waals surface area contributed by atoms with Gasteiger partial charge in [-0.3, -0.25) is 9.69 Å². The Hall–Kier alpha value is -3.53. The summed E-state index contributed by atoms with van der Waals surface area (Å²) in [6, 6.07) is 9.95.